The molecule has 2 aliphatic rings. The number of nitrogens with zero attached hydrogens (tertiary/aromatic N) is 1. The summed E-state index contributed by atoms with van der Waals surface area (Å²) in [5.74, 6) is 2.89. The topological polar surface area (TPSA) is 92.1 Å². The minimum Gasteiger partial charge on any atom is -0.497 e. The van der Waals surface area contributed by atoms with E-state index < -0.39 is 0 Å². The minimum absolute atomic E-state index is 0.0162. The van der Waals surface area contributed by atoms with Crippen molar-refractivity contribution >= 4 is 11.7 Å². The second-order valence-electron chi connectivity index (χ2n) is 8.71. The number of Topliss-reactive ketones (excluding diaryl/α,β-unsaturated/α-hetero) is 1. The van der Waals surface area contributed by atoms with Crippen molar-refractivity contribution in [2.75, 3.05) is 33.8 Å². The van der Waals surface area contributed by atoms with Gasteiger partial charge < -0.3 is 28.8 Å². The van der Waals surface area contributed by atoms with E-state index in [1.54, 1.807) is 28.4 Å². The van der Waals surface area contributed by atoms with Crippen LogP contribution >= 0.6 is 0 Å². The third kappa shape index (κ3) is 3.79. The fourth-order valence-electron chi connectivity index (χ4n) is 5.18. The lowest BCUT2D eigenvalue weighted by Crippen LogP contribution is -2.29. The molecule has 0 fully saturated rings. The maximum absolute atomic E-state index is 13.8. The van der Waals surface area contributed by atoms with Crippen molar-refractivity contribution in [1.29, 1.82) is 0 Å². The van der Waals surface area contributed by atoms with Crippen LogP contribution in [0, 0.1) is 6.92 Å². The molecule has 3 aromatic rings. The van der Waals surface area contributed by atoms with Gasteiger partial charge in [0.1, 0.15) is 11.5 Å². The fourth-order valence-corrected chi connectivity index (χ4v) is 5.18. The van der Waals surface area contributed by atoms with E-state index in [0.29, 0.717) is 41.7 Å². The second kappa shape index (κ2) is 9.02. The Morgan fingerprint density at radius 1 is 0.914 bits per heavy atom. The quantitative estimate of drug-likeness (QED) is 0.533. The maximum atomic E-state index is 13.8. The second-order valence-corrected chi connectivity index (χ2v) is 8.71. The van der Waals surface area contributed by atoms with Gasteiger partial charge in [-0.05, 0) is 43.0 Å². The van der Waals surface area contributed by atoms with Crippen LogP contribution in [-0.2, 0) is 4.79 Å². The Labute approximate surface area is 203 Å². The lowest BCUT2D eigenvalue weighted by molar-refractivity contribution is -0.116. The van der Waals surface area contributed by atoms with E-state index in [2.05, 4.69) is 10.5 Å². The summed E-state index contributed by atoms with van der Waals surface area (Å²) in [6.45, 7) is 1.89. The molecule has 0 saturated heterocycles. The van der Waals surface area contributed by atoms with Crippen molar-refractivity contribution in [2.24, 2.45) is 0 Å². The molecule has 35 heavy (non-hydrogen) atoms. The molecule has 2 atom stereocenters. The number of anilines is 1. The third-order valence-corrected chi connectivity index (χ3v) is 6.89. The summed E-state index contributed by atoms with van der Waals surface area (Å²) in [6, 6.07) is 11.5. The van der Waals surface area contributed by atoms with Crippen LogP contribution in [0.25, 0.3) is 0 Å². The highest BCUT2D eigenvalue weighted by Crippen LogP contribution is 2.51. The van der Waals surface area contributed by atoms with Crippen molar-refractivity contribution in [1.82, 2.24) is 5.16 Å². The molecule has 2 aromatic carbocycles. The molecule has 1 aliphatic carbocycles. The summed E-state index contributed by atoms with van der Waals surface area (Å²) < 4.78 is 27.6. The number of allylic oxidation sites excluding steroid dienone is 2. The molecule has 0 saturated carbocycles. The first-order valence-corrected chi connectivity index (χ1v) is 11.4. The predicted molar refractivity (Wildman–Crippen MR) is 130 cm³/mol. The lowest BCUT2D eigenvalue weighted by atomic mass is 9.72. The molecular formula is C27H28N2O6. The molecule has 1 N–H and O–H groups in total. The van der Waals surface area contributed by atoms with Gasteiger partial charge in [0.15, 0.2) is 17.3 Å². The number of methoxy groups -OCH3 is 4. The number of fused-ring (bicyclic) bond motifs is 1. The van der Waals surface area contributed by atoms with Crippen molar-refractivity contribution in [2.45, 2.75) is 31.6 Å². The molecule has 0 unspecified atom stereocenters. The average molecular weight is 477 g/mol. The summed E-state index contributed by atoms with van der Waals surface area (Å²) in [5.41, 5.74) is 5.04. The monoisotopic (exact) mass is 476 g/mol. The van der Waals surface area contributed by atoms with Gasteiger partial charge in [-0.2, -0.15) is 0 Å². The summed E-state index contributed by atoms with van der Waals surface area (Å²) >= 11 is 0. The van der Waals surface area contributed by atoms with Gasteiger partial charge in [-0.25, -0.2) is 0 Å². The van der Waals surface area contributed by atoms with Gasteiger partial charge in [-0.3, -0.25) is 4.79 Å². The van der Waals surface area contributed by atoms with Gasteiger partial charge in [0.05, 0.1) is 45.6 Å². The zero-order valence-electron chi connectivity index (χ0n) is 20.4. The SMILES string of the molecule is COc1ccc([C@H]2C3=C(C[C@H](c4ccc(OC)c(OC)c4)CC3=O)Nc3onc(C)c32)c(OC)c1. The Morgan fingerprint density at radius 3 is 2.40 bits per heavy atom. The normalized spacial score (nSPS) is 18.9. The summed E-state index contributed by atoms with van der Waals surface area (Å²) in [7, 11) is 6.44. The molecule has 5 rings (SSSR count). The van der Waals surface area contributed by atoms with E-state index in [0.717, 1.165) is 33.7 Å². The van der Waals surface area contributed by atoms with E-state index in [-0.39, 0.29) is 17.6 Å². The molecule has 2 heterocycles. The minimum atomic E-state index is -0.354. The number of carbonyl (C=O) groups excluding carboxylic acids is 1. The molecule has 1 aromatic heterocycles. The molecule has 182 valence electrons. The van der Waals surface area contributed by atoms with Crippen LogP contribution in [0.4, 0.5) is 5.88 Å². The van der Waals surface area contributed by atoms with Crippen LogP contribution in [0.1, 0.15) is 47.1 Å². The van der Waals surface area contributed by atoms with Crippen LogP contribution < -0.4 is 24.3 Å². The van der Waals surface area contributed by atoms with Crippen LogP contribution in [-0.4, -0.2) is 39.4 Å². The smallest absolute Gasteiger partial charge is 0.233 e. The largest absolute Gasteiger partial charge is 0.497 e. The van der Waals surface area contributed by atoms with Crippen molar-refractivity contribution in [3.8, 4) is 23.0 Å². The van der Waals surface area contributed by atoms with Gasteiger partial charge >= 0.3 is 0 Å². The summed E-state index contributed by atoms with van der Waals surface area (Å²) in [6.07, 6.45) is 1.02. The van der Waals surface area contributed by atoms with Crippen molar-refractivity contribution < 1.29 is 28.3 Å². The standard InChI is InChI=1S/C27H28N2O6/c1-14-24-25(18-8-7-17(31-2)13-22(18)33-4)26-19(28-27(24)35-29-14)10-16(11-20(26)30)15-6-9-21(32-3)23(12-15)34-5/h6-9,12-13,16,25,28H,10-11H2,1-5H3/t16-,25+/m0/s1. The molecule has 0 amide bonds. The highest BCUT2D eigenvalue weighted by molar-refractivity contribution is 6.01. The van der Waals surface area contributed by atoms with Crippen molar-refractivity contribution in [3.63, 3.8) is 0 Å². The van der Waals surface area contributed by atoms with Gasteiger partial charge in [0.25, 0.3) is 0 Å². The van der Waals surface area contributed by atoms with Crippen LogP contribution in [0.5, 0.6) is 23.0 Å². The maximum Gasteiger partial charge on any atom is 0.233 e. The third-order valence-electron chi connectivity index (χ3n) is 6.89. The van der Waals surface area contributed by atoms with E-state index >= 15 is 0 Å². The van der Waals surface area contributed by atoms with E-state index in [1.165, 1.54) is 0 Å². The van der Waals surface area contributed by atoms with E-state index in [9.17, 15) is 4.79 Å². The lowest BCUT2D eigenvalue weighted by Gasteiger charge is -2.35. The predicted octanol–water partition coefficient (Wildman–Crippen LogP) is 4.98. The van der Waals surface area contributed by atoms with E-state index in [1.807, 2.05) is 43.3 Å². The Balaban J connectivity index is 1.61. The van der Waals surface area contributed by atoms with Gasteiger partial charge in [0, 0.05) is 29.3 Å². The molecule has 0 bridgehead atoms. The number of aromatic nitrogens is 1. The molecule has 8 nitrogen and oxygen atoms in total. The number of aryl methyl sites for hydroxylation is 1. The van der Waals surface area contributed by atoms with E-state index in [4.69, 9.17) is 23.5 Å². The first-order chi connectivity index (χ1) is 17.0. The first-order valence-electron chi connectivity index (χ1n) is 11.4. The number of ketones is 1. The Kier molecular flexibility index (Phi) is 5.88. The summed E-state index contributed by atoms with van der Waals surface area (Å²) in [5, 5.41) is 7.56. The van der Waals surface area contributed by atoms with Gasteiger partial charge in [-0.1, -0.05) is 17.3 Å². The number of ether oxygens (including phenoxy) is 4. The van der Waals surface area contributed by atoms with Gasteiger partial charge in [0.2, 0.25) is 5.88 Å². The zero-order chi connectivity index (χ0) is 24.7. The van der Waals surface area contributed by atoms with Crippen LogP contribution in [0.2, 0.25) is 0 Å². The molecule has 1 aliphatic heterocycles. The van der Waals surface area contributed by atoms with Crippen LogP contribution in [0.3, 0.4) is 0 Å². The van der Waals surface area contributed by atoms with Crippen LogP contribution in [0.15, 0.2) is 52.2 Å². The fraction of sp³-hybridized carbons (Fsp3) is 0.333. The first kappa shape index (κ1) is 22.8. The number of hydrogen-bond donors (Lipinski definition) is 1. The number of rotatable bonds is 6. The number of benzene rings is 2. The Bertz CT molecular complexity index is 1330. The molecular weight excluding hydrogens is 448 g/mol. The summed E-state index contributed by atoms with van der Waals surface area (Å²) in [4.78, 5) is 13.8. The Morgan fingerprint density at radius 2 is 1.69 bits per heavy atom. The number of nitrogens with one attached hydrogen (secondary N) is 1. The molecule has 0 radical (unpaired) electrons. The Hall–Kier alpha value is -3.94. The molecule has 8 heteroatoms. The average Bonchev–Trinajstić information content (AvgIpc) is 3.26. The zero-order valence-corrected chi connectivity index (χ0v) is 20.4. The highest BCUT2D eigenvalue weighted by Gasteiger charge is 2.42. The number of carbonyl (C=O) groups is 1. The highest BCUT2D eigenvalue weighted by atomic mass is 16.5. The number of hydrogen-bond acceptors (Lipinski definition) is 8. The molecule has 0 spiro atoms. The van der Waals surface area contributed by atoms with Gasteiger partial charge in [-0.15, -0.1) is 0 Å². The van der Waals surface area contributed by atoms with Crippen molar-refractivity contribution in [3.05, 3.63) is 70.1 Å².